The molecule has 6 nitrogen and oxygen atoms in total. The summed E-state index contributed by atoms with van der Waals surface area (Å²) in [6, 6.07) is 19.3. The Bertz CT molecular complexity index is 1200. The van der Waals surface area contributed by atoms with Crippen molar-refractivity contribution in [1.82, 2.24) is 14.8 Å². The molecule has 0 aliphatic rings. The number of aromatic nitrogens is 3. The van der Waals surface area contributed by atoms with Gasteiger partial charge in [0.15, 0.2) is 0 Å². The van der Waals surface area contributed by atoms with Crippen LogP contribution in [-0.4, -0.2) is 20.8 Å². The molecule has 0 spiro atoms. The Kier molecular flexibility index (Phi) is 6.31. The van der Waals surface area contributed by atoms with Crippen LogP contribution >= 0.6 is 0 Å². The smallest absolute Gasteiger partial charge is 0.308 e. The number of aryl methyl sites for hydroxylation is 1. The number of amides is 2. The number of nitrogens with zero attached hydrogens (tertiary/aromatic N) is 3. The number of rotatable bonds is 6. The van der Waals surface area contributed by atoms with Gasteiger partial charge in [0.25, 0.3) is 0 Å². The number of hydrogen-bond acceptors (Lipinski definition) is 3. The predicted octanol–water partition coefficient (Wildman–Crippen LogP) is 6.40. The van der Waals surface area contributed by atoms with Gasteiger partial charge >= 0.3 is 6.03 Å². The van der Waals surface area contributed by atoms with Crippen molar-refractivity contribution in [2.75, 3.05) is 10.6 Å². The molecule has 0 bridgehead atoms. The fraction of sp³-hybridized carbons (Fsp3) is 0.192. The zero-order chi connectivity index (χ0) is 22.5. The second kappa shape index (κ2) is 9.47. The molecule has 0 radical (unpaired) electrons. The van der Waals surface area contributed by atoms with Gasteiger partial charge in [0.05, 0.1) is 0 Å². The molecule has 0 aliphatic carbocycles. The molecule has 2 amide bonds. The second-order valence-corrected chi connectivity index (χ2v) is 7.92. The van der Waals surface area contributed by atoms with Gasteiger partial charge in [0.2, 0.25) is 0 Å². The van der Waals surface area contributed by atoms with Crippen LogP contribution in [0, 0.1) is 0 Å². The van der Waals surface area contributed by atoms with Crippen LogP contribution in [0.3, 0.4) is 0 Å². The molecule has 162 valence electrons. The van der Waals surface area contributed by atoms with E-state index in [1.165, 1.54) is 5.56 Å². The van der Waals surface area contributed by atoms with Crippen molar-refractivity contribution in [3.8, 4) is 22.4 Å². The highest BCUT2D eigenvalue weighted by Gasteiger charge is 2.14. The highest BCUT2D eigenvalue weighted by atomic mass is 16.2. The van der Waals surface area contributed by atoms with Gasteiger partial charge < -0.3 is 10.6 Å². The van der Waals surface area contributed by atoms with E-state index in [0.717, 1.165) is 34.6 Å². The van der Waals surface area contributed by atoms with Crippen LogP contribution in [-0.2, 0) is 6.54 Å². The first-order chi connectivity index (χ1) is 15.5. The van der Waals surface area contributed by atoms with E-state index in [1.54, 1.807) is 12.4 Å². The third kappa shape index (κ3) is 4.86. The van der Waals surface area contributed by atoms with Crippen molar-refractivity contribution < 1.29 is 4.79 Å². The molecule has 2 heterocycles. The summed E-state index contributed by atoms with van der Waals surface area (Å²) < 4.78 is 1.92. The van der Waals surface area contributed by atoms with Gasteiger partial charge in [-0.15, -0.1) is 0 Å². The highest BCUT2D eigenvalue weighted by Crippen LogP contribution is 2.32. The molecule has 32 heavy (non-hydrogen) atoms. The number of hydrogen-bond donors (Lipinski definition) is 2. The Morgan fingerprint density at radius 3 is 2.34 bits per heavy atom. The highest BCUT2D eigenvalue weighted by molar-refractivity contribution is 6.00. The lowest BCUT2D eigenvalue weighted by atomic mass is 10.0. The van der Waals surface area contributed by atoms with Crippen LogP contribution in [0.2, 0.25) is 0 Å². The molecule has 2 N–H and O–H groups in total. The van der Waals surface area contributed by atoms with Gasteiger partial charge in [-0.3, -0.25) is 9.67 Å². The van der Waals surface area contributed by atoms with Gasteiger partial charge in [-0.2, -0.15) is 5.10 Å². The Morgan fingerprint density at radius 2 is 1.66 bits per heavy atom. The van der Waals surface area contributed by atoms with Gasteiger partial charge in [-0.05, 0) is 60.4 Å². The van der Waals surface area contributed by atoms with Crippen molar-refractivity contribution in [2.45, 2.75) is 33.2 Å². The topological polar surface area (TPSA) is 71.8 Å². The zero-order valence-corrected chi connectivity index (χ0v) is 18.5. The maximum atomic E-state index is 12.5. The van der Waals surface area contributed by atoms with Crippen molar-refractivity contribution in [3.05, 3.63) is 84.8 Å². The molecule has 0 atom stereocenters. The normalized spacial score (nSPS) is 10.9. The van der Waals surface area contributed by atoms with Gasteiger partial charge in [-0.1, -0.05) is 38.1 Å². The van der Waals surface area contributed by atoms with Gasteiger partial charge in [0.1, 0.15) is 5.69 Å². The largest absolute Gasteiger partial charge is 0.323 e. The molecule has 2 aromatic heterocycles. The van der Waals surface area contributed by atoms with Crippen LogP contribution in [0.5, 0.6) is 0 Å². The number of carbonyl (C=O) groups excluding carboxylic acids is 1. The van der Waals surface area contributed by atoms with Crippen molar-refractivity contribution in [2.24, 2.45) is 0 Å². The zero-order valence-electron chi connectivity index (χ0n) is 18.5. The average Bonchev–Trinajstić information content (AvgIpc) is 3.25. The summed E-state index contributed by atoms with van der Waals surface area (Å²) in [7, 11) is 0. The maximum Gasteiger partial charge on any atom is 0.323 e. The molecule has 2 aromatic carbocycles. The predicted molar refractivity (Wildman–Crippen MR) is 130 cm³/mol. The molecule has 4 aromatic rings. The molecule has 0 fully saturated rings. The fourth-order valence-electron chi connectivity index (χ4n) is 3.53. The average molecular weight is 426 g/mol. The van der Waals surface area contributed by atoms with Crippen LogP contribution in [0.25, 0.3) is 22.4 Å². The minimum atomic E-state index is -0.280. The summed E-state index contributed by atoms with van der Waals surface area (Å²) in [5, 5.41) is 10.6. The molecular weight excluding hydrogens is 398 g/mol. The quantitative estimate of drug-likeness (QED) is 0.375. The third-order valence-electron chi connectivity index (χ3n) is 5.31. The van der Waals surface area contributed by atoms with Gasteiger partial charge in [-0.25, -0.2) is 4.79 Å². The minimum absolute atomic E-state index is 0.280. The molecule has 0 saturated heterocycles. The van der Waals surface area contributed by atoms with Crippen LogP contribution < -0.4 is 10.6 Å². The van der Waals surface area contributed by atoms with Crippen molar-refractivity contribution in [1.29, 1.82) is 0 Å². The Morgan fingerprint density at radius 1 is 0.938 bits per heavy atom. The standard InChI is InChI=1S/C26H27N5O/c1-4-31-17-24(25(30-31)20-12-14-27-15-13-20)21-6-5-7-23(16-21)29-26(32)28-22-10-8-19(9-11-22)18(2)3/h5-18H,4H2,1-3H3,(H2,28,29,32). The number of urea groups is 1. The summed E-state index contributed by atoms with van der Waals surface area (Å²) in [5.74, 6) is 0.453. The third-order valence-corrected chi connectivity index (χ3v) is 5.31. The second-order valence-electron chi connectivity index (χ2n) is 7.92. The Balaban J connectivity index is 1.54. The molecule has 0 saturated carbocycles. The minimum Gasteiger partial charge on any atom is -0.308 e. The van der Waals surface area contributed by atoms with Crippen molar-refractivity contribution in [3.63, 3.8) is 0 Å². The lowest BCUT2D eigenvalue weighted by Gasteiger charge is -2.11. The maximum absolute atomic E-state index is 12.5. The lowest BCUT2D eigenvalue weighted by molar-refractivity contribution is 0.262. The van der Waals surface area contributed by atoms with E-state index in [-0.39, 0.29) is 6.03 Å². The van der Waals surface area contributed by atoms with Crippen LogP contribution in [0.15, 0.2) is 79.3 Å². The van der Waals surface area contributed by atoms with E-state index in [9.17, 15) is 4.79 Å². The van der Waals surface area contributed by atoms with Crippen LogP contribution in [0.1, 0.15) is 32.3 Å². The monoisotopic (exact) mass is 425 g/mol. The van der Waals surface area contributed by atoms with E-state index >= 15 is 0 Å². The molecule has 6 heteroatoms. The number of anilines is 2. The Hall–Kier alpha value is -3.93. The Labute approximate surface area is 188 Å². The SMILES string of the molecule is CCn1cc(-c2cccc(NC(=O)Nc3ccc(C(C)C)cc3)c2)c(-c2ccncc2)n1. The number of pyridine rings is 1. The molecule has 0 aliphatic heterocycles. The van der Waals surface area contributed by atoms with E-state index in [1.807, 2.05) is 71.5 Å². The first kappa shape index (κ1) is 21.3. The summed E-state index contributed by atoms with van der Waals surface area (Å²) in [5.41, 5.74) is 6.59. The van der Waals surface area contributed by atoms with E-state index in [2.05, 4.69) is 36.4 Å². The molecular formula is C26H27N5O. The number of carbonyl (C=O) groups is 1. The van der Waals surface area contributed by atoms with E-state index < -0.39 is 0 Å². The first-order valence-electron chi connectivity index (χ1n) is 10.8. The van der Waals surface area contributed by atoms with Gasteiger partial charge in [0, 0.05) is 47.6 Å². The summed E-state index contributed by atoms with van der Waals surface area (Å²) >= 11 is 0. The first-order valence-corrected chi connectivity index (χ1v) is 10.8. The summed E-state index contributed by atoms with van der Waals surface area (Å²) in [6.45, 7) is 7.12. The lowest BCUT2D eigenvalue weighted by Crippen LogP contribution is -2.19. The summed E-state index contributed by atoms with van der Waals surface area (Å²) in [6.07, 6.45) is 5.56. The summed E-state index contributed by atoms with van der Waals surface area (Å²) in [4.78, 5) is 16.6. The number of nitrogens with one attached hydrogen (secondary N) is 2. The number of benzene rings is 2. The van der Waals surface area contributed by atoms with Crippen molar-refractivity contribution >= 4 is 17.4 Å². The van der Waals surface area contributed by atoms with E-state index in [4.69, 9.17) is 5.10 Å². The molecule has 0 unspecified atom stereocenters. The molecule has 4 rings (SSSR count). The van der Waals surface area contributed by atoms with E-state index in [0.29, 0.717) is 11.6 Å². The fourth-order valence-corrected chi connectivity index (χ4v) is 3.53. The van der Waals surface area contributed by atoms with Crippen LogP contribution in [0.4, 0.5) is 16.2 Å².